The lowest BCUT2D eigenvalue weighted by Crippen LogP contribution is -2.42. The summed E-state index contributed by atoms with van der Waals surface area (Å²) in [6.45, 7) is 0.160. The van der Waals surface area contributed by atoms with E-state index in [2.05, 4.69) is 0 Å². The maximum Gasteiger partial charge on any atom is 0.338 e. The van der Waals surface area contributed by atoms with Crippen LogP contribution in [0.4, 0.5) is 8.78 Å². The average Bonchev–Trinajstić information content (AvgIpc) is 2.64. The first-order chi connectivity index (χ1) is 14.0. The lowest BCUT2D eigenvalue weighted by molar-refractivity contribution is -0.873. The molecule has 1 atom stereocenters. The van der Waals surface area contributed by atoms with E-state index in [1.807, 2.05) is 21.1 Å². The molecule has 0 spiro atoms. The van der Waals surface area contributed by atoms with Gasteiger partial charge in [0, 0.05) is 17.2 Å². The lowest BCUT2D eigenvalue weighted by atomic mass is 9.99. The van der Waals surface area contributed by atoms with Gasteiger partial charge in [-0.25, -0.2) is 13.6 Å². The summed E-state index contributed by atoms with van der Waals surface area (Å²) >= 11 is 0. The molecule has 0 radical (unpaired) electrons. The van der Waals surface area contributed by atoms with Crippen LogP contribution in [0.3, 0.4) is 0 Å². The van der Waals surface area contributed by atoms with E-state index >= 15 is 0 Å². The van der Waals surface area contributed by atoms with E-state index in [1.54, 1.807) is 0 Å². The molecule has 1 unspecified atom stereocenters. The third kappa shape index (κ3) is 6.60. The minimum absolute atomic E-state index is 0.0958. The molecule has 0 aliphatic rings. The van der Waals surface area contributed by atoms with E-state index in [1.165, 1.54) is 31.4 Å². The molecule has 162 valence electrons. The number of carbonyl (C=O) groups is 2. The van der Waals surface area contributed by atoms with Crippen LogP contribution in [0.2, 0.25) is 0 Å². The Hall–Kier alpha value is -2.84. The van der Waals surface area contributed by atoms with Gasteiger partial charge in [0.25, 0.3) is 0 Å². The Bertz CT molecular complexity index is 924. The van der Waals surface area contributed by atoms with Gasteiger partial charge >= 0.3 is 11.9 Å². The summed E-state index contributed by atoms with van der Waals surface area (Å²) in [5, 5.41) is 9.99. The first kappa shape index (κ1) is 23.4. The molecule has 8 heteroatoms. The van der Waals surface area contributed by atoms with E-state index < -0.39 is 29.7 Å². The van der Waals surface area contributed by atoms with Crippen LogP contribution < -0.4 is 0 Å². The Kier molecular flexibility index (Phi) is 7.64. The molecule has 2 aromatic rings. The molecular weight excluding hydrogens is 396 g/mol. The van der Waals surface area contributed by atoms with Crippen molar-refractivity contribution in [1.29, 1.82) is 0 Å². The van der Waals surface area contributed by atoms with Gasteiger partial charge in [-0.3, -0.25) is 4.79 Å². The van der Waals surface area contributed by atoms with Crippen LogP contribution in [0, 0.1) is 11.6 Å². The van der Waals surface area contributed by atoms with Crippen LogP contribution in [0.25, 0.3) is 11.1 Å². The van der Waals surface area contributed by atoms with Gasteiger partial charge < -0.3 is 19.1 Å². The van der Waals surface area contributed by atoms with Crippen molar-refractivity contribution in [2.45, 2.75) is 19.1 Å². The summed E-state index contributed by atoms with van der Waals surface area (Å²) in [6.07, 6.45) is -1.04. The third-order valence-electron chi connectivity index (χ3n) is 4.31. The summed E-state index contributed by atoms with van der Waals surface area (Å²) in [7, 11) is 6.87. The zero-order valence-corrected chi connectivity index (χ0v) is 17.4. The highest BCUT2D eigenvalue weighted by atomic mass is 19.1. The van der Waals surface area contributed by atoms with E-state index in [0.29, 0.717) is 22.2 Å². The number of halogens is 2. The first-order valence-electron chi connectivity index (χ1n) is 9.31. The number of likely N-dealkylation sites (N-methyl/N-ethyl adjacent to an activating group) is 1. The summed E-state index contributed by atoms with van der Waals surface area (Å²) in [5.41, 5.74) is 0.927. The monoisotopic (exact) mass is 422 g/mol. The van der Waals surface area contributed by atoms with Gasteiger partial charge in [-0.2, -0.15) is 0 Å². The minimum Gasteiger partial charge on any atom is -0.465 e. The van der Waals surface area contributed by atoms with Gasteiger partial charge in [-0.05, 0) is 23.8 Å². The van der Waals surface area contributed by atoms with Crippen molar-refractivity contribution in [3.8, 4) is 11.1 Å². The Morgan fingerprint density at radius 3 is 2.40 bits per heavy atom. The van der Waals surface area contributed by atoms with Crippen molar-refractivity contribution in [3.05, 3.63) is 59.2 Å². The molecule has 6 nitrogen and oxygen atoms in total. The number of ether oxygens (including phenoxy) is 2. The number of aliphatic hydroxyl groups is 1. The highest BCUT2D eigenvalue weighted by Gasteiger charge is 2.21. The molecule has 0 aliphatic carbocycles. The van der Waals surface area contributed by atoms with Crippen molar-refractivity contribution < 1.29 is 37.4 Å². The van der Waals surface area contributed by atoms with Crippen LogP contribution in [0.1, 0.15) is 22.3 Å². The van der Waals surface area contributed by atoms with Crippen molar-refractivity contribution in [3.63, 3.8) is 0 Å². The SMILES string of the molecule is COC(=O)c1cc(-c2ccc(F)cc2F)ccc1COC(=O)CC(O)C[N+](C)(C)C. The highest BCUT2D eigenvalue weighted by Crippen LogP contribution is 2.26. The fourth-order valence-electron chi connectivity index (χ4n) is 3.00. The second-order valence-electron chi connectivity index (χ2n) is 7.98. The molecule has 0 saturated carbocycles. The van der Waals surface area contributed by atoms with Crippen LogP contribution in [0.15, 0.2) is 36.4 Å². The number of esters is 2. The highest BCUT2D eigenvalue weighted by molar-refractivity contribution is 5.92. The molecule has 0 fully saturated rings. The summed E-state index contributed by atoms with van der Waals surface area (Å²) < 4.78 is 37.7. The van der Waals surface area contributed by atoms with Gasteiger partial charge in [-0.1, -0.05) is 12.1 Å². The average molecular weight is 422 g/mol. The quantitative estimate of drug-likeness (QED) is 0.523. The smallest absolute Gasteiger partial charge is 0.338 e. The maximum atomic E-state index is 14.1. The molecule has 30 heavy (non-hydrogen) atoms. The molecule has 1 N–H and O–H groups in total. The maximum absolute atomic E-state index is 14.1. The number of aliphatic hydroxyl groups excluding tert-OH is 1. The van der Waals surface area contributed by atoms with E-state index in [-0.39, 0.29) is 24.2 Å². The fraction of sp³-hybridized carbons (Fsp3) is 0.364. The Balaban J connectivity index is 2.18. The molecule has 0 amide bonds. The number of rotatable bonds is 8. The molecule has 0 bridgehead atoms. The largest absolute Gasteiger partial charge is 0.465 e. The van der Waals surface area contributed by atoms with Gasteiger partial charge in [0.05, 0.1) is 40.2 Å². The molecule has 2 aromatic carbocycles. The summed E-state index contributed by atoms with van der Waals surface area (Å²) in [6, 6.07) is 7.60. The summed E-state index contributed by atoms with van der Waals surface area (Å²) in [4.78, 5) is 24.2. The normalized spacial score (nSPS) is 12.4. The third-order valence-corrected chi connectivity index (χ3v) is 4.31. The Morgan fingerprint density at radius 2 is 1.80 bits per heavy atom. The number of nitrogens with zero attached hydrogens (tertiary/aromatic N) is 1. The van der Waals surface area contributed by atoms with Gasteiger partial charge in [0.1, 0.15) is 30.9 Å². The van der Waals surface area contributed by atoms with E-state index in [0.717, 1.165) is 12.1 Å². The van der Waals surface area contributed by atoms with Crippen LogP contribution in [-0.4, -0.2) is 62.4 Å². The van der Waals surface area contributed by atoms with Crippen LogP contribution >= 0.6 is 0 Å². The second kappa shape index (κ2) is 9.77. The molecule has 0 aromatic heterocycles. The first-order valence-corrected chi connectivity index (χ1v) is 9.31. The second-order valence-corrected chi connectivity index (χ2v) is 7.98. The number of hydrogen-bond donors (Lipinski definition) is 1. The topological polar surface area (TPSA) is 72.8 Å². The van der Waals surface area contributed by atoms with Crippen LogP contribution in [0.5, 0.6) is 0 Å². The number of carbonyl (C=O) groups excluding carboxylic acids is 2. The van der Waals surface area contributed by atoms with Crippen molar-refractivity contribution in [2.75, 3.05) is 34.8 Å². The fourth-order valence-corrected chi connectivity index (χ4v) is 3.00. The van der Waals surface area contributed by atoms with E-state index in [4.69, 9.17) is 9.47 Å². The predicted octanol–water partition coefficient (Wildman–Crippen LogP) is 2.92. The molecule has 0 saturated heterocycles. The number of methoxy groups -OCH3 is 1. The molecular formula is C22H26F2NO5+. The van der Waals surface area contributed by atoms with Crippen LogP contribution in [-0.2, 0) is 20.9 Å². The molecule has 0 heterocycles. The number of quaternary nitrogens is 1. The Labute approximate surface area is 174 Å². The lowest BCUT2D eigenvalue weighted by Gasteiger charge is -2.26. The Morgan fingerprint density at radius 1 is 1.10 bits per heavy atom. The van der Waals surface area contributed by atoms with Gasteiger partial charge in [-0.15, -0.1) is 0 Å². The van der Waals surface area contributed by atoms with E-state index in [9.17, 15) is 23.5 Å². The standard InChI is InChI=1S/C22H26F2NO5/c1-25(2,3)12-17(26)11-21(27)30-13-15-6-5-14(9-19(15)22(28)29-4)18-8-7-16(23)10-20(18)24/h5-10,17,26H,11-13H2,1-4H3/q+1. The molecule has 2 rings (SSSR count). The zero-order chi connectivity index (χ0) is 22.5. The van der Waals surface area contributed by atoms with Crippen molar-refractivity contribution in [2.24, 2.45) is 0 Å². The van der Waals surface area contributed by atoms with Gasteiger partial charge in [0.15, 0.2) is 0 Å². The number of hydrogen-bond acceptors (Lipinski definition) is 5. The minimum atomic E-state index is -0.860. The molecule has 0 aliphatic heterocycles. The van der Waals surface area contributed by atoms with Crippen molar-refractivity contribution in [1.82, 2.24) is 0 Å². The van der Waals surface area contributed by atoms with Gasteiger partial charge in [0.2, 0.25) is 0 Å². The summed E-state index contributed by atoms with van der Waals surface area (Å²) in [5.74, 6) is -2.77. The zero-order valence-electron chi connectivity index (χ0n) is 17.4. The predicted molar refractivity (Wildman–Crippen MR) is 106 cm³/mol. The van der Waals surface area contributed by atoms with Crippen molar-refractivity contribution >= 4 is 11.9 Å². The number of benzene rings is 2.